The van der Waals surface area contributed by atoms with Crippen molar-refractivity contribution in [2.75, 3.05) is 33.0 Å². The van der Waals surface area contributed by atoms with Gasteiger partial charge in [-0.05, 0) is 51.4 Å². The van der Waals surface area contributed by atoms with Crippen LogP contribution in [-0.2, 0) is 33.2 Å². The Bertz CT molecular complexity index is 1510. The lowest BCUT2D eigenvalue weighted by Gasteiger charge is -2.42. The van der Waals surface area contributed by atoms with Crippen LogP contribution in [0.15, 0.2) is 72.9 Å². The predicted molar refractivity (Wildman–Crippen MR) is 298 cm³/mol. The molecule has 0 aromatic carbocycles. The Hall–Kier alpha value is -2.57. The number of ether oxygens (including phenoxy) is 6. The molecule has 2 heterocycles. The summed E-state index contributed by atoms with van der Waals surface area (Å²) in [5.74, 6) is -0.456. The van der Waals surface area contributed by atoms with E-state index in [1.165, 1.54) is 122 Å². The number of aliphatic hydroxyl groups excluding tert-OH is 7. The molecule has 434 valence electrons. The Kier molecular flexibility index (Phi) is 43.3. The molecule has 75 heavy (non-hydrogen) atoms. The van der Waals surface area contributed by atoms with Crippen LogP contribution >= 0.6 is 0 Å². The average Bonchev–Trinajstić information content (AvgIpc) is 3.41. The zero-order valence-corrected chi connectivity index (χ0v) is 46.5. The van der Waals surface area contributed by atoms with Gasteiger partial charge in [0, 0.05) is 13.0 Å². The van der Waals surface area contributed by atoms with Crippen molar-refractivity contribution in [3.8, 4) is 0 Å². The van der Waals surface area contributed by atoms with Crippen LogP contribution < -0.4 is 0 Å². The molecule has 0 aliphatic carbocycles. The minimum Gasteiger partial charge on any atom is -0.457 e. The third kappa shape index (κ3) is 34.1. The Balaban J connectivity index is 1.74. The van der Waals surface area contributed by atoms with Crippen LogP contribution in [0.3, 0.4) is 0 Å². The van der Waals surface area contributed by atoms with Gasteiger partial charge in [-0.1, -0.05) is 222 Å². The van der Waals surface area contributed by atoms with Gasteiger partial charge in [0.25, 0.3) is 0 Å². The van der Waals surface area contributed by atoms with E-state index in [1.54, 1.807) is 0 Å². The first kappa shape index (κ1) is 68.5. The Morgan fingerprint density at radius 3 is 1.28 bits per heavy atom. The van der Waals surface area contributed by atoms with E-state index >= 15 is 0 Å². The fraction of sp³-hybridized carbons (Fsp3) is 0.787. The first-order valence-corrected chi connectivity index (χ1v) is 29.5. The van der Waals surface area contributed by atoms with E-state index in [0.29, 0.717) is 13.0 Å². The number of hydrogen-bond acceptors (Lipinski definition) is 14. The molecule has 2 aliphatic rings. The van der Waals surface area contributed by atoms with Crippen LogP contribution in [0.2, 0.25) is 0 Å². The molecule has 0 bridgehead atoms. The Morgan fingerprint density at radius 2 is 0.840 bits per heavy atom. The van der Waals surface area contributed by atoms with E-state index in [0.717, 1.165) is 57.8 Å². The van der Waals surface area contributed by atoms with E-state index in [9.17, 15) is 40.5 Å². The normalized spacial score (nSPS) is 25.1. The predicted octanol–water partition coefficient (Wildman–Crippen LogP) is 10.6. The highest BCUT2D eigenvalue weighted by molar-refractivity contribution is 5.69. The summed E-state index contributed by atoms with van der Waals surface area (Å²) in [5.41, 5.74) is 0. The summed E-state index contributed by atoms with van der Waals surface area (Å²) < 4.78 is 34.3. The number of aliphatic hydroxyl groups is 7. The Labute approximate surface area is 453 Å². The molecule has 2 aliphatic heterocycles. The molecule has 0 aromatic heterocycles. The molecule has 14 nitrogen and oxygen atoms in total. The van der Waals surface area contributed by atoms with Gasteiger partial charge in [0.05, 0.1) is 26.4 Å². The van der Waals surface area contributed by atoms with E-state index in [1.807, 2.05) is 12.2 Å². The van der Waals surface area contributed by atoms with Crippen LogP contribution in [0.25, 0.3) is 0 Å². The van der Waals surface area contributed by atoms with Gasteiger partial charge in [-0.15, -0.1) is 0 Å². The molecule has 11 atom stereocenters. The zero-order chi connectivity index (χ0) is 54.4. The summed E-state index contributed by atoms with van der Waals surface area (Å²) in [7, 11) is 0. The van der Waals surface area contributed by atoms with E-state index < -0.39 is 86.7 Å². The smallest absolute Gasteiger partial charge is 0.306 e. The maximum absolute atomic E-state index is 13.0. The lowest BCUT2D eigenvalue weighted by Crippen LogP contribution is -2.61. The van der Waals surface area contributed by atoms with Crippen LogP contribution in [0.1, 0.15) is 206 Å². The maximum atomic E-state index is 13.0. The van der Waals surface area contributed by atoms with Crippen LogP contribution in [-0.4, -0.2) is 142 Å². The molecule has 0 amide bonds. The van der Waals surface area contributed by atoms with Gasteiger partial charge >= 0.3 is 5.97 Å². The lowest BCUT2D eigenvalue weighted by molar-refractivity contribution is -0.332. The molecule has 7 N–H and O–H groups in total. The summed E-state index contributed by atoms with van der Waals surface area (Å²) in [5, 5.41) is 72.3. The fourth-order valence-corrected chi connectivity index (χ4v) is 9.02. The quantitative estimate of drug-likeness (QED) is 0.0172. The molecule has 11 unspecified atom stereocenters. The number of unbranched alkanes of at least 4 members (excludes halogenated alkanes) is 21. The largest absolute Gasteiger partial charge is 0.457 e. The van der Waals surface area contributed by atoms with Crippen LogP contribution in [0.5, 0.6) is 0 Å². The van der Waals surface area contributed by atoms with Gasteiger partial charge in [-0.25, -0.2) is 0 Å². The first-order chi connectivity index (χ1) is 36.6. The van der Waals surface area contributed by atoms with Gasteiger partial charge < -0.3 is 64.2 Å². The molecular weight excluding hydrogens is 957 g/mol. The molecule has 0 saturated carbocycles. The number of carbonyl (C=O) groups is 1. The molecule has 2 rings (SSSR count). The van der Waals surface area contributed by atoms with Crippen molar-refractivity contribution in [3.63, 3.8) is 0 Å². The fourth-order valence-electron chi connectivity index (χ4n) is 9.02. The third-order valence-corrected chi connectivity index (χ3v) is 13.7. The molecule has 2 saturated heterocycles. The van der Waals surface area contributed by atoms with Crippen LogP contribution in [0, 0.1) is 0 Å². The summed E-state index contributed by atoms with van der Waals surface area (Å²) in [4.78, 5) is 13.0. The average molecular weight is 1060 g/mol. The summed E-state index contributed by atoms with van der Waals surface area (Å²) in [6.45, 7) is 3.50. The van der Waals surface area contributed by atoms with Crippen molar-refractivity contribution >= 4 is 5.97 Å². The van der Waals surface area contributed by atoms with Gasteiger partial charge in [0.1, 0.15) is 54.9 Å². The second-order valence-electron chi connectivity index (χ2n) is 20.4. The van der Waals surface area contributed by atoms with Crippen molar-refractivity contribution in [2.24, 2.45) is 0 Å². The van der Waals surface area contributed by atoms with Crippen molar-refractivity contribution in [1.29, 1.82) is 0 Å². The number of carbonyl (C=O) groups excluding carboxylic acids is 1. The summed E-state index contributed by atoms with van der Waals surface area (Å²) in [6, 6.07) is 0. The van der Waals surface area contributed by atoms with Crippen LogP contribution in [0.4, 0.5) is 0 Å². The highest BCUT2D eigenvalue weighted by atomic mass is 16.7. The number of hydrogen-bond donors (Lipinski definition) is 7. The summed E-state index contributed by atoms with van der Waals surface area (Å²) in [6.07, 6.45) is 44.1. The second kappa shape index (κ2) is 47.4. The lowest BCUT2D eigenvalue weighted by atomic mass is 9.98. The molecule has 14 heteroatoms. The van der Waals surface area contributed by atoms with Gasteiger partial charge in [-0.2, -0.15) is 0 Å². The number of allylic oxidation sites excluding steroid dienone is 12. The minimum atomic E-state index is -1.72. The van der Waals surface area contributed by atoms with E-state index in [-0.39, 0.29) is 19.6 Å². The zero-order valence-electron chi connectivity index (χ0n) is 46.5. The molecule has 2 fully saturated rings. The molecular formula is C61H106O14. The van der Waals surface area contributed by atoms with Crippen molar-refractivity contribution in [3.05, 3.63) is 72.9 Å². The highest BCUT2D eigenvalue weighted by Crippen LogP contribution is 2.27. The highest BCUT2D eigenvalue weighted by Gasteiger charge is 2.47. The molecule has 0 radical (unpaired) electrons. The van der Waals surface area contributed by atoms with Crippen molar-refractivity contribution in [2.45, 2.75) is 274 Å². The first-order valence-electron chi connectivity index (χ1n) is 29.5. The number of rotatable bonds is 47. The molecule has 0 spiro atoms. The number of esters is 1. The van der Waals surface area contributed by atoms with Gasteiger partial charge in [0.2, 0.25) is 0 Å². The summed E-state index contributed by atoms with van der Waals surface area (Å²) >= 11 is 0. The monoisotopic (exact) mass is 1060 g/mol. The maximum Gasteiger partial charge on any atom is 0.306 e. The SMILES string of the molecule is CC/C=C\C/C=C\C/C=C\C/C=C\C/C=C\C/C=C\CCC(=O)OC(COCCCCCCCCCCCCCCCCCCCCCCCC)COC1OC(COC2OC(CO)C(O)C(O)C2O)C(O)C(O)C1O. The standard InChI is InChI=1S/C61H106O14/c1-3-5-7-9-11-13-15-17-19-21-23-24-25-27-29-31-33-35-37-39-41-43-45-70-47-50(73-53(63)44-42-40-38-36-34-32-30-28-26-22-20-18-16-14-12-10-8-6-4-2)48-71-60-59(69)57(67)55(65)52(75-60)49-72-61-58(68)56(66)54(64)51(46-62)74-61/h6,8,12,14,18,20,26,28,32,34,38,40,50-52,54-62,64-69H,3-5,7,9-11,13,15-17,19,21-25,27,29-31,33,35-37,39,41-49H2,1-2H3/b8-6-,14-12-,20-18-,28-26-,34-32-,40-38-. The van der Waals surface area contributed by atoms with E-state index in [2.05, 4.69) is 74.6 Å². The second-order valence-corrected chi connectivity index (χ2v) is 20.4. The topological polar surface area (TPSA) is 214 Å². The van der Waals surface area contributed by atoms with E-state index in [4.69, 9.17) is 28.4 Å². The van der Waals surface area contributed by atoms with Crippen molar-refractivity contribution < 1.29 is 69.0 Å². The Morgan fingerprint density at radius 1 is 0.453 bits per heavy atom. The third-order valence-electron chi connectivity index (χ3n) is 13.7. The van der Waals surface area contributed by atoms with Crippen molar-refractivity contribution in [1.82, 2.24) is 0 Å². The van der Waals surface area contributed by atoms with Gasteiger partial charge in [0.15, 0.2) is 12.6 Å². The van der Waals surface area contributed by atoms with Gasteiger partial charge in [-0.3, -0.25) is 4.79 Å². The molecule has 0 aromatic rings. The minimum absolute atomic E-state index is 0.0303.